The van der Waals surface area contributed by atoms with Gasteiger partial charge in [0.1, 0.15) is 0 Å². The maximum atomic E-state index is 2.57. The summed E-state index contributed by atoms with van der Waals surface area (Å²) < 4.78 is 9.79. The van der Waals surface area contributed by atoms with E-state index in [1.165, 1.54) is 121 Å². The van der Waals surface area contributed by atoms with Crippen LogP contribution in [0.4, 0.5) is 68.2 Å². The number of aryl methyl sites for hydroxylation is 4. The van der Waals surface area contributed by atoms with Gasteiger partial charge in [-0.3, -0.25) is 0 Å². The number of rotatable bonds is 20. The van der Waals surface area contributed by atoms with E-state index in [0.29, 0.717) is 12.8 Å². The number of nitrogens with zero attached hydrogens (tertiary/aromatic N) is 8. The van der Waals surface area contributed by atoms with Crippen LogP contribution in [0.25, 0.3) is 98.4 Å². The summed E-state index contributed by atoms with van der Waals surface area (Å²) in [7, 11) is 0. The van der Waals surface area contributed by atoms with Gasteiger partial charge in [-0.15, -0.1) is 0 Å². The number of hydrogen-bond donors (Lipinski definition) is 0. The molecule has 4 heterocycles. The molecule has 0 bridgehead atoms. The van der Waals surface area contributed by atoms with E-state index in [2.05, 4.69) is 442 Å². The molecule has 115 heavy (non-hydrogen) atoms. The zero-order chi connectivity index (χ0) is 76.8. The first-order valence-corrected chi connectivity index (χ1v) is 40.8. The Morgan fingerprint density at radius 2 is 0.400 bits per heavy atom. The highest BCUT2D eigenvalue weighted by Crippen LogP contribution is 2.57. The summed E-state index contributed by atoms with van der Waals surface area (Å²) in [5, 5.41) is 10.0. The fourth-order valence-electron chi connectivity index (χ4n) is 19.6. The number of benzene rings is 16. The van der Waals surface area contributed by atoms with Crippen LogP contribution in [0, 0.1) is 0 Å². The van der Waals surface area contributed by atoms with Crippen LogP contribution < -0.4 is 19.6 Å². The predicted molar refractivity (Wildman–Crippen MR) is 486 cm³/mol. The second-order valence-corrected chi connectivity index (χ2v) is 30.8. The fraction of sp³-hybridized carbons (Fsp3) is 0.103. The second-order valence-electron chi connectivity index (χ2n) is 30.8. The molecule has 8 nitrogen and oxygen atoms in total. The molecule has 0 amide bonds. The molecular formula is C107H86N8. The minimum absolute atomic E-state index is 0.679. The quantitative estimate of drug-likeness (QED) is 0.0761. The lowest BCUT2D eigenvalue weighted by Gasteiger charge is -2.35. The third-order valence-electron chi connectivity index (χ3n) is 24.6. The lowest BCUT2D eigenvalue weighted by atomic mass is 9.69. The van der Waals surface area contributed by atoms with E-state index < -0.39 is 5.41 Å². The highest BCUT2D eigenvalue weighted by molar-refractivity contribution is 6.13. The largest absolute Gasteiger partial charge is 0.341 e. The maximum absolute atomic E-state index is 2.57. The van der Waals surface area contributed by atoms with E-state index in [-0.39, 0.29) is 0 Å². The van der Waals surface area contributed by atoms with Crippen molar-refractivity contribution in [2.45, 2.75) is 72.1 Å². The Morgan fingerprint density at radius 1 is 0.191 bits per heavy atom. The Bertz CT molecular complexity index is 6660. The van der Waals surface area contributed by atoms with Gasteiger partial charge in [0.15, 0.2) is 0 Å². The summed E-state index contributed by atoms with van der Waals surface area (Å²) in [6.45, 7) is 12.5. The van der Waals surface area contributed by atoms with Gasteiger partial charge in [-0.2, -0.15) is 0 Å². The van der Waals surface area contributed by atoms with Gasteiger partial charge in [-0.05, 0) is 268 Å². The van der Waals surface area contributed by atoms with Crippen molar-refractivity contribution in [3.63, 3.8) is 0 Å². The molecule has 0 saturated heterocycles. The summed E-state index contributed by atoms with van der Waals surface area (Å²) in [5.41, 5.74) is 29.9. The molecule has 0 atom stereocenters. The number of anilines is 12. The average Bonchev–Trinajstić information content (AvgIpc) is 1.55. The molecule has 20 aromatic rings. The lowest BCUT2D eigenvalue weighted by molar-refractivity contribution is 0.520. The standard InChI is InChI=1S/C107H86N8/c1-5-108-99-41-25-21-37-89(99)93-65-81(55-61-103(93)108)112(75-29-13-9-14-30-75)79-49-45-73(46-50-79)71-107(72-74-47-51-80(52-48-74)113(76-31-15-10-16-32-76)82-56-62-104-94(66-82)90-38-22-26-42-100(90)109(104)6-2)97-69-85(114(77-33-17-11-18-34-77)83-57-63-105-95(67-83)91-39-23-27-43-101(91)110(105)7-3)53-59-87(97)88-60-54-86(70-98(88)107)115(78-35-19-12-20-36-78)84-58-64-106-96(68-84)92-40-24-28-44-102(92)111(106)8-4/h9-70H,5-8,71-72H2,1-4H3. The first-order chi connectivity index (χ1) is 56.8. The monoisotopic (exact) mass is 1480 g/mol. The Labute approximate surface area is 670 Å². The molecule has 21 rings (SSSR count). The first-order valence-electron chi connectivity index (χ1n) is 40.8. The zero-order valence-corrected chi connectivity index (χ0v) is 65.1. The molecule has 4 aromatic heterocycles. The zero-order valence-electron chi connectivity index (χ0n) is 65.1. The molecule has 16 aromatic carbocycles. The minimum Gasteiger partial charge on any atom is -0.341 e. The van der Waals surface area contributed by atoms with Gasteiger partial charge in [0.25, 0.3) is 0 Å². The minimum atomic E-state index is -0.684. The van der Waals surface area contributed by atoms with E-state index in [1.807, 2.05) is 0 Å². The van der Waals surface area contributed by atoms with E-state index >= 15 is 0 Å². The summed E-state index contributed by atoms with van der Waals surface area (Å²) in [5.74, 6) is 0. The molecule has 0 radical (unpaired) electrons. The smallest absolute Gasteiger partial charge is 0.0492 e. The van der Waals surface area contributed by atoms with Crippen molar-refractivity contribution in [3.05, 3.63) is 398 Å². The van der Waals surface area contributed by atoms with Gasteiger partial charge in [0.2, 0.25) is 0 Å². The third kappa shape index (κ3) is 11.4. The third-order valence-corrected chi connectivity index (χ3v) is 24.6. The van der Waals surface area contributed by atoms with Gasteiger partial charge in [0, 0.05) is 187 Å². The van der Waals surface area contributed by atoms with Crippen molar-refractivity contribution in [3.8, 4) is 11.1 Å². The number of hydrogen-bond acceptors (Lipinski definition) is 4. The van der Waals surface area contributed by atoms with Crippen LogP contribution in [0.15, 0.2) is 376 Å². The molecule has 8 heteroatoms. The summed E-state index contributed by atoms with van der Waals surface area (Å²) in [4.78, 5) is 9.86. The molecule has 0 aliphatic heterocycles. The topological polar surface area (TPSA) is 32.7 Å². The van der Waals surface area contributed by atoms with Crippen molar-refractivity contribution in [2.75, 3.05) is 19.6 Å². The van der Waals surface area contributed by atoms with Crippen LogP contribution >= 0.6 is 0 Å². The van der Waals surface area contributed by atoms with Crippen molar-refractivity contribution in [1.29, 1.82) is 0 Å². The molecule has 0 unspecified atom stereocenters. The number of aromatic nitrogens is 4. The molecular weight excluding hydrogens is 1400 g/mol. The van der Waals surface area contributed by atoms with Gasteiger partial charge < -0.3 is 37.9 Å². The Balaban J connectivity index is 0.782. The van der Waals surface area contributed by atoms with Crippen LogP contribution in [0.2, 0.25) is 0 Å². The maximum Gasteiger partial charge on any atom is 0.0492 e. The molecule has 1 aliphatic carbocycles. The molecule has 0 N–H and O–H groups in total. The van der Waals surface area contributed by atoms with Crippen LogP contribution in [0.1, 0.15) is 49.9 Å². The lowest BCUT2D eigenvalue weighted by Crippen LogP contribution is -2.31. The number of fused-ring (bicyclic) bond motifs is 15. The van der Waals surface area contributed by atoms with E-state index in [4.69, 9.17) is 0 Å². The van der Waals surface area contributed by atoms with Gasteiger partial charge in [-0.25, -0.2) is 0 Å². The Morgan fingerprint density at radius 3 is 0.670 bits per heavy atom. The highest BCUT2D eigenvalue weighted by Gasteiger charge is 2.45. The van der Waals surface area contributed by atoms with Crippen LogP contribution in [-0.2, 0) is 44.4 Å². The predicted octanol–water partition coefficient (Wildman–Crippen LogP) is 28.8. The summed E-state index contributed by atoms with van der Waals surface area (Å²) in [6.07, 6.45) is 1.36. The van der Waals surface area contributed by atoms with Crippen molar-refractivity contribution >= 4 is 155 Å². The Kier molecular flexibility index (Phi) is 16.9. The normalized spacial score (nSPS) is 12.5. The average molecular weight is 1480 g/mol. The molecule has 0 saturated carbocycles. The first kappa shape index (κ1) is 68.9. The highest BCUT2D eigenvalue weighted by atomic mass is 15.2. The SMILES string of the molecule is CCn1c2ccccc2c2cc(N(c3ccccc3)c3ccc(CC4(Cc5ccc(N(c6ccccc6)c6ccc7c(c6)c6ccccc6n7CC)cc5)c5cc(N(c6ccccc6)c6ccc7c(c6)c6ccccc6n7CC)ccc5-c5ccc(N(c6ccccc6)c6ccc7c(c6)c6ccccc6n7CC)cc54)cc3)ccc21. The summed E-state index contributed by atoms with van der Waals surface area (Å²) >= 11 is 0. The van der Waals surface area contributed by atoms with Gasteiger partial charge >= 0.3 is 0 Å². The Hall–Kier alpha value is -14.1. The second kappa shape index (κ2) is 28.3. The van der Waals surface area contributed by atoms with E-state index in [9.17, 15) is 0 Å². The van der Waals surface area contributed by atoms with Gasteiger partial charge in [-0.1, -0.05) is 182 Å². The van der Waals surface area contributed by atoms with Crippen molar-refractivity contribution < 1.29 is 0 Å². The molecule has 0 spiro atoms. The van der Waals surface area contributed by atoms with Crippen molar-refractivity contribution in [1.82, 2.24) is 18.3 Å². The van der Waals surface area contributed by atoms with Gasteiger partial charge in [0.05, 0.1) is 0 Å². The van der Waals surface area contributed by atoms with Crippen molar-refractivity contribution in [2.24, 2.45) is 0 Å². The molecule has 554 valence electrons. The van der Waals surface area contributed by atoms with Crippen LogP contribution in [-0.4, -0.2) is 18.3 Å². The molecule has 0 fully saturated rings. The van der Waals surface area contributed by atoms with Crippen LogP contribution in [0.5, 0.6) is 0 Å². The molecule has 1 aliphatic rings. The summed E-state index contributed by atoms with van der Waals surface area (Å²) in [6, 6.07) is 142. The van der Waals surface area contributed by atoms with E-state index in [0.717, 1.165) is 94.4 Å². The fourth-order valence-corrected chi connectivity index (χ4v) is 19.6. The number of para-hydroxylation sites is 8. The van der Waals surface area contributed by atoms with E-state index in [1.54, 1.807) is 0 Å². The van der Waals surface area contributed by atoms with Crippen LogP contribution in [0.3, 0.4) is 0 Å².